The highest BCUT2D eigenvalue weighted by molar-refractivity contribution is 5.75. The number of hydrogen-bond donors (Lipinski definition) is 0. The van der Waals surface area contributed by atoms with Gasteiger partial charge in [-0.3, -0.25) is 0 Å². The molecule has 24 heavy (non-hydrogen) atoms. The molecule has 0 radical (unpaired) electrons. The van der Waals surface area contributed by atoms with Crippen LogP contribution in [-0.2, 0) is 9.53 Å². The van der Waals surface area contributed by atoms with Gasteiger partial charge in [-0.25, -0.2) is 9.18 Å². The molecule has 0 N–H and O–H groups in total. The summed E-state index contributed by atoms with van der Waals surface area (Å²) in [4.78, 5) is 12.4. The van der Waals surface area contributed by atoms with Gasteiger partial charge in [0.1, 0.15) is 5.60 Å². The summed E-state index contributed by atoms with van der Waals surface area (Å²) in [6.07, 6.45) is 15.7. The molecule has 0 heterocycles. The van der Waals surface area contributed by atoms with Crippen LogP contribution in [0.5, 0.6) is 0 Å². The molecule has 2 rings (SSSR count). The molecule has 0 aromatic rings. The van der Waals surface area contributed by atoms with Gasteiger partial charge < -0.3 is 4.74 Å². The van der Waals surface area contributed by atoms with E-state index >= 15 is 0 Å². The third-order valence-corrected chi connectivity index (χ3v) is 6.17. The van der Waals surface area contributed by atoms with Gasteiger partial charge in [0.2, 0.25) is 0 Å². The molecule has 0 aliphatic heterocycles. The second-order valence-corrected chi connectivity index (χ2v) is 8.05. The summed E-state index contributed by atoms with van der Waals surface area (Å²) in [5, 5.41) is 0. The molecule has 2 nitrogen and oxygen atoms in total. The minimum absolute atomic E-state index is 0.337. The van der Waals surface area contributed by atoms with E-state index in [2.05, 4.69) is 6.92 Å². The first-order chi connectivity index (χ1) is 11.7. The van der Waals surface area contributed by atoms with Crippen LogP contribution in [0.15, 0.2) is 0 Å². The Balaban J connectivity index is 1.84. The quantitative estimate of drug-likeness (QED) is 0.353. The number of rotatable bonds is 9. The number of carbonyl (C=O) groups is 1. The van der Waals surface area contributed by atoms with Crippen molar-refractivity contribution in [3.05, 3.63) is 0 Å². The van der Waals surface area contributed by atoms with Crippen molar-refractivity contribution >= 4 is 5.97 Å². The number of ether oxygens (including phenoxy) is 1. The predicted octanol–water partition coefficient (Wildman–Crippen LogP) is 6.51. The average Bonchev–Trinajstić information content (AvgIpc) is 2.63. The highest BCUT2D eigenvalue weighted by Gasteiger charge is 2.44. The molecule has 0 aromatic carbocycles. The highest BCUT2D eigenvalue weighted by atomic mass is 19.1. The van der Waals surface area contributed by atoms with Crippen molar-refractivity contribution in [2.75, 3.05) is 0 Å². The van der Waals surface area contributed by atoms with Gasteiger partial charge in [0.15, 0.2) is 6.17 Å². The average molecular weight is 341 g/mol. The van der Waals surface area contributed by atoms with Gasteiger partial charge in [0.25, 0.3) is 0 Å². The van der Waals surface area contributed by atoms with Crippen LogP contribution in [0.1, 0.15) is 110 Å². The summed E-state index contributed by atoms with van der Waals surface area (Å²) in [5.74, 6) is -0.106. The smallest absolute Gasteiger partial charge is 0.341 e. The fraction of sp³-hybridized carbons (Fsp3) is 0.952. The van der Waals surface area contributed by atoms with Crippen molar-refractivity contribution in [1.82, 2.24) is 0 Å². The van der Waals surface area contributed by atoms with Crippen LogP contribution in [-0.4, -0.2) is 17.7 Å². The van der Waals surface area contributed by atoms with E-state index in [9.17, 15) is 9.18 Å². The van der Waals surface area contributed by atoms with Crippen molar-refractivity contribution in [1.29, 1.82) is 0 Å². The maximum atomic E-state index is 14.3. The largest absolute Gasteiger partial charge is 0.457 e. The van der Waals surface area contributed by atoms with Crippen LogP contribution in [0.25, 0.3) is 0 Å². The summed E-state index contributed by atoms with van der Waals surface area (Å²) in [5.41, 5.74) is -0.345. The summed E-state index contributed by atoms with van der Waals surface area (Å²) < 4.78 is 20.3. The van der Waals surface area contributed by atoms with E-state index in [0.29, 0.717) is 12.3 Å². The summed E-state index contributed by atoms with van der Waals surface area (Å²) in [6.45, 7) is 2.17. The van der Waals surface area contributed by atoms with Crippen molar-refractivity contribution in [2.24, 2.45) is 5.92 Å². The predicted molar refractivity (Wildman–Crippen MR) is 96.8 cm³/mol. The summed E-state index contributed by atoms with van der Waals surface area (Å²) >= 11 is 0. The van der Waals surface area contributed by atoms with Crippen molar-refractivity contribution in [2.45, 2.75) is 121 Å². The Morgan fingerprint density at radius 2 is 1.62 bits per heavy atom. The van der Waals surface area contributed by atoms with Crippen LogP contribution in [0.4, 0.5) is 4.39 Å². The molecule has 2 aliphatic carbocycles. The normalized spacial score (nSPS) is 22.9. The summed E-state index contributed by atoms with van der Waals surface area (Å²) in [7, 11) is 0. The highest BCUT2D eigenvalue weighted by Crippen LogP contribution is 2.44. The molecule has 0 amide bonds. The van der Waals surface area contributed by atoms with Crippen LogP contribution in [0.3, 0.4) is 0 Å². The minimum Gasteiger partial charge on any atom is -0.457 e. The Kier molecular flexibility index (Phi) is 8.55. The van der Waals surface area contributed by atoms with Crippen LogP contribution >= 0.6 is 0 Å². The van der Waals surface area contributed by atoms with Gasteiger partial charge >= 0.3 is 5.97 Å². The van der Waals surface area contributed by atoms with Crippen molar-refractivity contribution in [3.8, 4) is 0 Å². The molecule has 1 atom stereocenters. The number of halogens is 1. The molecule has 0 aromatic heterocycles. The monoisotopic (exact) mass is 340 g/mol. The standard InChI is InChI=1S/C21H37FO2/c1-2-3-4-5-10-15-19(22)20(23)24-21(16-11-7-12-17-21)18-13-8-6-9-14-18/h18-19H,2-17H2,1H3/t19-/m0/s1. The van der Waals surface area contributed by atoms with E-state index in [1.807, 2.05) is 0 Å². The molecular formula is C21H37FO2. The molecular weight excluding hydrogens is 303 g/mol. The van der Waals surface area contributed by atoms with E-state index < -0.39 is 12.1 Å². The molecule has 0 unspecified atom stereocenters. The SMILES string of the molecule is CCCCCCC[C@H](F)C(=O)OC1(C2CCCCC2)CCCCC1. The zero-order valence-corrected chi connectivity index (χ0v) is 15.7. The van der Waals surface area contributed by atoms with Crippen LogP contribution in [0, 0.1) is 5.92 Å². The lowest BCUT2D eigenvalue weighted by atomic mass is 9.69. The second kappa shape index (κ2) is 10.4. The molecule has 2 saturated carbocycles. The number of carbonyl (C=O) groups excluding carboxylic acids is 1. The Bertz CT molecular complexity index is 357. The van der Waals surface area contributed by atoms with Crippen molar-refractivity contribution in [3.63, 3.8) is 0 Å². The lowest BCUT2D eigenvalue weighted by Gasteiger charge is -2.44. The Morgan fingerprint density at radius 1 is 1.00 bits per heavy atom. The first-order valence-electron chi connectivity index (χ1n) is 10.5. The first kappa shape index (κ1) is 19.7. The number of hydrogen-bond acceptors (Lipinski definition) is 2. The van der Waals surface area contributed by atoms with Gasteiger partial charge in [-0.2, -0.15) is 0 Å². The first-order valence-corrected chi connectivity index (χ1v) is 10.5. The molecule has 3 heteroatoms. The zero-order chi connectivity index (χ0) is 17.3. The zero-order valence-electron chi connectivity index (χ0n) is 15.7. The number of esters is 1. The molecule has 0 spiro atoms. The second-order valence-electron chi connectivity index (χ2n) is 8.05. The van der Waals surface area contributed by atoms with Crippen molar-refractivity contribution < 1.29 is 13.9 Å². The molecule has 0 bridgehead atoms. The van der Waals surface area contributed by atoms with Gasteiger partial charge in [-0.05, 0) is 57.3 Å². The fourth-order valence-electron chi connectivity index (χ4n) is 4.68. The van der Waals surface area contributed by atoms with E-state index in [4.69, 9.17) is 4.74 Å². The maximum absolute atomic E-state index is 14.3. The van der Waals surface area contributed by atoms with Gasteiger partial charge in [0.05, 0.1) is 0 Å². The minimum atomic E-state index is -1.42. The third kappa shape index (κ3) is 5.74. The maximum Gasteiger partial charge on any atom is 0.341 e. The van der Waals surface area contributed by atoms with E-state index in [1.54, 1.807) is 0 Å². The Hall–Kier alpha value is -0.600. The van der Waals surface area contributed by atoms with Crippen LogP contribution < -0.4 is 0 Å². The Morgan fingerprint density at radius 3 is 2.29 bits per heavy atom. The lowest BCUT2D eigenvalue weighted by molar-refractivity contribution is -0.179. The van der Waals surface area contributed by atoms with E-state index in [1.165, 1.54) is 38.5 Å². The van der Waals surface area contributed by atoms with Gasteiger partial charge in [-0.1, -0.05) is 58.3 Å². The number of alkyl halides is 1. The molecule has 0 saturated heterocycles. The van der Waals surface area contributed by atoms with Gasteiger partial charge in [-0.15, -0.1) is 0 Å². The van der Waals surface area contributed by atoms with Gasteiger partial charge in [0, 0.05) is 0 Å². The van der Waals surface area contributed by atoms with Crippen LogP contribution in [0.2, 0.25) is 0 Å². The molecule has 2 aliphatic rings. The van der Waals surface area contributed by atoms with E-state index in [-0.39, 0.29) is 5.60 Å². The lowest BCUT2D eigenvalue weighted by Crippen LogP contribution is -2.46. The third-order valence-electron chi connectivity index (χ3n) is 6.17. The van der Waals surface area contributed by atoms with E-state index in [0.717, 1.165) is 57.8 Å². The topological polar surface area (TPSA) is 26.3 Å². The fourth-order valence-corrected chi connectivity index (χ4v) is 4.68. The Labute approximate surface area is 147 Å². The molecule has 2 fully saturated rings. The number of unbranched alkanes of at least 4 members (excludes halogenated alkanes) is 4. The molecule has 140 valence electrons. The summed E-state index contributed by atoms with van der Waals surface area (Å²) in [6, 6.07) is 0.